The first-order chi connectivity index (χ1) is 13.9. The van der Waals surface area contributed by atoms with Gasteiger partial charge in [0.1, 0.15) is 5.82 Å². The van der Waals surface area contributed by atoms with Crippen LogP contribution in [0, 0.1) is 17.1 Å². The predicted octanol–water partition coefficient (Wildman–Crippen LogP) is 3.18. The highest BCUT2D eigenvalue weighted by atomic mass is 32.2. The number of phenols is 1. The predicted molar refractivity (Wildman–Crippen MR) is 104 cm³/mol. The van der Waals surface area contributed by atoms with Gasteiger partial charge in [-0.05, 0) is 29.8 Å². The number of halogens is 1. The molecule has 1 fully saturated rings. The number of carbonyl (C=O) groups excluding carboxylic acids is 1. The summed E-state index contributed by atoms with van der Waals surface area (Å²) in [6.07, 6.45) is -0.0234. The lowest BCUT2D eigenvalue weighted by Crippen LogP contribution is -2.48. The van der Waals surface area contributed by atoms with E-state index in [2.05, 4.69) is 6.07 Å². The molecule has 2 aliphatic heterocycles. The molecular weight excluding hydrogens is 395 g/mol. The van der Waals surface area contributed by atoms with Gasteiger partial charge in [-0.25, -0.2) is 4.39 Å². The van der Waals surface area contributed by atoms with Crippen molar-refractivity contribution in [1.29, 1.82) is 5.26 Å². The number of hydrogen-bond acceptors (Lipinski definition) is 6. The fourth-order valence-electron chi connectivity index (χ4n) is 3.75. The number of ether oxygens (including phenoxy) is 1. The van der Waals surface area contributed by atoms with Crippen LogP contribution in [0.1, 0.15) is 23.5 Å². The smallest absolute Gasteiger partial charge is 0.231 e. The Morgan fingerprint density at radius 2 is 2.03 bits per heavy atom. The molecule has 2 atom stereocenters. The first kappa shape index (κ1) is 19.3. The Kier molecular flexibility index (Phi) is 4.73. The van der Waals surface area contributed by atoms with Gasteiger partial charge in [-0.2, -0.15) is 5.26 Å². The van der Waals surface area contributed by atoms with Crippen molar-refractivity contribution in [2.75, 3.05) is 12.9 Å². The highest BCUT2D eigenvalue weighted by Crippen LogP contribution is 2.52. The van der Waals surface area contributed by atoms with Crippen LogP contribution in [-0.2, 0) is 10.5 Å². The third kappa shape index (κ3) is 3.03. The number of carbonyl (C=O) groups is 1. The molecule has 1 amide bonds. The monoisotopic (exact) mass is 412 g/mol. The highest BCUT2D eigenvalue weighted by molar-refractivity contribution is 8.03. The Morgan fingerprint density at radius 1 is 1.31 bits per heavy atom. The van der Waals surface area contributed by atoms with Gasteiger partial charge >= 0.3 is 0 Å². The summed E-state index contributed by atoms with van der Waals surface area (Å²) in [4.78, 5) is 14.3. The average molecular weight is 412 g/mol. The first-order valence-corrected chi connectivity index (χ1v) is 9.83. The number of nitrogens with zero attached hydrogens (tertiary/aromatic N) is 2. The van der Waals surface area contributed by atoms with Gasteiger partial charge in [-0.1, -0.05) is 18.2 Å². The number of fused-ring (bicyclic) bond motifs is 1. The number of amides is 1. The standard InChI is InChI=1S/C21H17FN2O4S/c1-28-18-8-12(2-7-17(18)25)15-9-19(26)24-20(16(15)10-23)29-11-21(24,27)13-3-5-14(22)6-4-13/h2-8,15,25,27H,9,11H2,1H3. The number of benzene rings is 2. The van der Waals surface area contributed by atoms with Crippen LogP contribution in [0.15, 0.2) is 53.1 Å². The number of thioether (sulfide) groups is 1. The molecule has 0 aliphatic carbocycles. The number of methoxy groups -OCH3 is 1. The van der Waals surface area contributed by atoms with E-state index in [9.17, 15) is 24.7 Å². The Labute approximate surface area is 170 Å². The van der Waals surface area contributed by atoms with Crippen molar-refractivity contribution < 1.29 is 24.1 Å². The van der Waals surface area contributed by atoms with Crippen LogP contribution in [-0.4, -0.2) is 33.9 Å². The van der Waals surface area contributed by atoms with Gasteiger partial charge in [0.2, 0.25) is 5.91 Å². The highest BCUT2D eigenvalue weighted by Gasteiger charge is 2.51. The fraction of sp³-hybridized carbons (Fsp3) is 0.238. The summed E-state index contributed by atoms with van der Waals surface area (Å²) in [5, 5.41) is 31.3. The van der Waals surface area contributed by atoms with Gasteiger partial charge in [0.25, 0.3) is 0 Å². The second-order valence-electron chi connectivity index (χ2n) is 6.86. The summed E-state index contributed by atoms with van der Waals surface area (Å²) in [7, 11) is 1.42. The molecule has 29 heavy (non-hydrogen) atoms. The second-order valence-corrected chi connectivity index (χ2v) is 7.82. The van der Waals surface area contributed by atoms with E-state index in [0.717, 1.165) is 0 Å². The summed E-state index contributed by atoms with van der Waals surface area (Å²) in [5.41, 5.74) is -0.239. The minimum absolute atomic E-state index is 0.0234. The van der Waals surface area contributed by atoms with E-state index in [0.29, 0.717) is 21.7 Å². The molecule has 148 valence electrons. The Hall–Kier alpha value is -3.02. The lowest BCUT2D eigenvalue weighted by Gasteiger charge is -2.38. The molecule has 2 aromatic carbocycles. The van der Waals surface area contributed by atoms with E-state index in [-0.39, 0.29) is 29.6 Å². The SMILES string of the molecule is COc1cc(C2CC(=O)N3C(=C2C#N)SCC3(O)c2ccc(F)cc2)ccc1O. The van der Waals surface area contributed by atoms with Crippen molar-refractivity contribution in [2.45, 2.75) is 18.1 Å². The van der Waals surface area contributed by atoms with Gasteiger partial charge < -0.3 is 14.9 Å². The van der Waals surface area contributed by atoms with E-state index in [1.807, 2.05) is 0 Å². The summed E-state index contributed by atoms with van der Waals surface area (Å²) in [6.45, 7) is 0. The normalized spacial score (nSPS) is 23.7. The van der Waals surface area contributed by atoms with Crippen LogP contribution in [0.25, 0.3) is 0 Å². The van der Waals surface area contributed by atoms with Crippen molar-refractivity contribution >= 4 is 17.7 Å². The molecule has 0 bridgehead atoms. The quantitative estimate of drug-likeness (QED) is 0.804. The number of aliphatic hydroxyl groups is 1. The molecular formula is C21H17FN2O4S. The van der Waals surface area contributed by atoms with Crippen molar-refractivity contribution in [2.24, 2.45) is 0 Å². The zero-order valence-corrected chi connectivity index (χ0v) is 16.2. The molecule has 0 aromatic heterocycles. The van der Waals surface area contributed by atoms with Crippen molar-refractivity contribution in [3.05, 3.63) is 70.0 Å². The summed E-state index contributed by atoms with van der Waals surface area (Å²) < 4.78 is 18.4. The minimum atomic E-state index is -1.65. The van der Waals surface area contributed by atoms with Crippen molar-refractivity contribution in [3.63, 3.8) is 0 Å². The van der Waals surface area contributed by atoms with E-state index < -0.39 is 17.5 Å². The largest absolute Gasteiger partial charge is 0.504 e. The van der Waals surface area contributed by atoms with Gasteiger partial charge in [0.15, 0.2) is 17.2 Å². The molecule has 1 saturated heterocycles. The number of phenolic OH excluding ortho intramolecular Hbond substituents is 1. The Morgan fingerprint density at radius 3 is 2.69 bits per heavy atom. The maximum atomic E-state index is 13.3. The summed E-state index contributed by atoms with van der Waals surface area (Å²) in [6, 6.07) is 12.2. The molecule has 2 aromatic rings. The van der Waals surface area contributed by atoms with E-state index in [1.165, 1.54) is 54.1 Å². The van der Waals surface area contributed by atoms with Gasteiger partial charge in [0.05, 0.1) is 29.5 Å². The molecule has 0 radical (unpaired) electrons. The third-order valence-corrected chi connectivity index (χ3v) is 6.45. The molecule has 0 saturated carbocycles. The Bertz CT molecular complexity index is 1060. The average Bonchev–Trinajstić information content (AvgIpc) is 3.08. The maximum Gasteiger partial charge on any atom is 0.231 e. The zero-order chi connectivity index (χ0) is 20.8. The fourth-order valence-corrected chi connectivity index (χ4v) is 5.11. The maximum absolute atomic E-state index is 13.3. The number of rotatable bonds is 3. The summed E-state index contributed by atoms with van der Waals surface area (Å²) >= 11 is 1.22. The van der Waals surface area contributed by atoms with Crippen molar-refractivity contribution in [3.8, 4) is 17.6 Å². The third-order valence-electron chi connectivity index (χ3n) is 5.22. The Balaban J connectivity index is 1.80. The minimum Gasteiger partial charge on any atom is -0.504 e. The van der Waals surface area contributed by atoms with Gasteiger partial charge in [-0.3, -0.25) is 9.69 Å². The first-order valence-electron chi connectivity index (χ1n) is 8.84. The van der Waals surface area contributed by atoms with Gasteiger partial charge in [-0.15, -0.1) is 11.8 Å². The molecule has 2 N–H and O–H groups in total. The molecule has 2 heterocycles. The number of hydrogen-bond donors (Lipinski definition) is 2. The zero-order valence-electron chi connectivity index (χ0n) is 15.4. The molecule has 6 nitrogen and oxygen atoms in total. The van der Waals surface area contributed by atoms with Crippen LogP contribution < -0.4 is 4.74 Å². The van der Waals surface area contributed by atoms with Crippen LogP contribution in [0.3, 0.4) is 0 Å². The number of allylic oxidation sites excluding steroid dienone is 1. The lowest BCUT2D eigenvalue weighted by molar-refractivity contribution is -0.149. The van der Waals surface area contributed by atoms with Crippen LogP contribution in [0.4, 0.5) is 4.39 Å². The molecule has 2 unspecified atom stereocenters. The van der Waals surface area contributed by atoms with Crippen LogP contribution in [0.2, 0.25) is 0 Å². The lowest BCUT2D eigenvalue weighted by atomic mass is 9.85. The topological polar surface area (TPSA) is 93.8 Å². The second kappa shape index (κ2) is 7.10. The van der Waals surface area contributed by atoms with Gasteiger partial charge in [0, 0.05) is 17.9 Å². The molecule has 8 heteroatoms. The number of aromatic hydroxyl groups is 1. The molecule has 0 spiro atoms. The molecule has 2 aliphatic rings. The van der Waals surface area contributed by atoms with Crippen LogP contribution >= 0.6 is 11.8 Å². The molecule has 4 rings (SSSR count). The van der Waals surface area contributed by atoms with Crippen molar-refractivity contribution in [1.82, 2.24) is 4.90 Å². The summed E-state index contributed by atoms with van der Waals surface area (Å²) in [5.74, 6) is -0.947. The van der Waals surface area contributed by atoms with E-state index >= 15 is 0 Å². The van der Waals surface area contributed by atoms with Crippen LogP contribution in [0.5, 0.6) is 11.5 Å². The van der Waals surface area contributed by atoms with E-state index in [4.69, 9.17) is 4.74 Å². The number of nitriles is 1. The van der Waals surface area contributed by atoms with E-state index in [1.54, 1.807) is 12.1 Å².